The van der Waals surface area contributed by atoms with Gasteiger partial charge in [-0.2, -0.15) is 0 Å². The topological polar surface area (TPSA) is 71.8 Å². The van der Waals surface area contributed by atoms with Gasteiger partial charge in [0.05, 0.1) is 11.9 Å². The minimum absolute atomic E-state index is 0.124. The van der Waals surface area contributed by atoms with Crippen LogP contribution in [-0.4, -0.2) is 27.9 Å². The van der Waals surface area contributed by atoms with Crippen LogP contribution in [0.5, 0.6) is 0 Å². The average molecular weight is 280 g/mol. The smallest absolute Gasteiger partial charge is 0.246 e. The van der Waals surface area contributed by atoms with Crippen molar-refractivity contribution < 1.29 is 4.79 Å². The quantitative estimate of drug-likeness (QED) is 0.865. The molecule has 0 radical (unpaired) electrons. The van der Waals surface area contributed by atoms with Crippen LogP contribution in [0, 0.1) is 0 Å². The SMILES string of the molecule is CNCc1cn(CC(=O)Nc2ccc(Cl)cc2)nn1. The molecule has 0 aliphatic heterocycles. The number of hydrogen-bond donors (Lipinski definition) is 2. The molecule has 1 aromatic heterocycles. The Balaban J connectivity index is 1.91. The van der Waals surface area contributed by atoms with Gasteiger partial charge in [0.2, 0.25) is 5.91 Å². The number of nitrogens with one attached hydrogen (secondary N) is 2. The van der Waals surface area contributed by atoms with E-state index in [1.54, 1.807) is 30.5 Å². The van der Waals surface area contributed by atoms with Crippen LogP contribution in [0.25, 0.3) is 0 Å². The van der Waals surface area contributed by atoms with Gasteiger partial charge in [0.1, 0.15) is 6.54 Å². The highest BCUT2D eigenvalue weighted by molar-refractivity contribution is 6.30. The number of carbonyl (C=O) groups is 1. The van der Waals surface area contributed by atoms with Crippen molar-refractivity contribution >= 4 is 23.2 Å². The molecule has 0 saturated heterocycles. The van der Waals surface area contributed by atoms with E-state index in [9.17, 15) is 4.79 Å². The molecule has 0 aliphatic rings. The predicted molar refractivity (Wildman–Crippen MR) is 72.9 cm³/mol. The fourth-order valence-electron chi connectivity index (χ4n) is 1.56. The first-order valence-corrected chi connectivity index (χ1v) is 6.14. The Bertz CT molecular complexity index is 552. The number of anilines is 1. The molecule has 0 saturated carbocycles. The first kappa shape index (κ1) is 13.5. The van der Waals surface area contributed by atoms with Crippen LogP contribution < -0.4 is 10.6 Å². The van der Waals surface area contributed by atoms with Crippen molar-refractivity contribution in [2.24, 2.45) is 0 Å². The Kier molecular flexibility index (Phi) is 4.48. The average Bonchev–Trinajstić information content (AvgIpc) is 2.80. The van der Waals surface area contributed by atoms with Gasteiger partial charge in [-0.1, -0.05) is 16.8 Å². The summed E-state index contributed by atoms with van der Waals surface area (Å²) in [5.74, 6) is -0.164. The standard InChI is InChI=1S/C12H14ClN5O/c1-14-6-11-7-18(17-16-11)8-12(19)15-10-4-2-9(13)3-5-10/h2-5,7,14H,6,8H2,1H3,(H,15,19). The molecular weight excluding hydrogens is 266 g/mol. The lowest BCUT2D eigenvalue weighted by Gasteiger charge is -2.04. The first-order chi connectivity index (χ1) is 9.17. The van der Waals surface area contributed by atoms with Crippen LogP contribution >= 0.6 is 11.6 Å². The van der Waals surface area contributed by atoms with E-state index in [2.05, 4.69) is 20.9 Å². The molecule has 0 unspecified atom stereocenters. The number of nitrogens with zero attached hydrogens (tertiary/aromatic N) is 3. The van der Waals surface area contributed by atoms with Crippen molar-refractivity contribution in [3.8, 4) is 0 Å². The summed E-state index contributed by atoms with van der Waals surface area (Å²) in [7, 11) is 1.83. The van der Waals surface area contributed by atoms with Crippen molar-refractivity contribution in [3.05, 3.63) is 41.2 Å². The summed E-state index contributed by atoms with van der Waals surface area (Å²) in [5.41, 5.74) is 1.49. The lowest BCUT2D eigenvalue weighted by atomic mass is 10.3. The maximum atomic E-state index is 11.8. The molecule has 6 nitrogen and oxygen atoms in total. The summed E-state index contributed by atoms with van der Waals surface area (Å²) in [6.45, 7) is 0.748. The number of carbonyl (C=O) groups excluding carboxylic acids is 1. The lowest BCUT2D eigenvalue weighted by Crippen LogP contribution is -2.19. The molecule has 1 heterocycles. The second kappa shape index (κ2) is 6.31. The van der Waals surface area contributed by atoms with Crippen molar-refractivity contribution in [1.29, 1.82) is 0 Å². The lowest BCUT2D eigenvalue weighted by molar-refractivity contribution is -0.116. The van der Waals surface area contributed by atoms with Crippen molar-refractivity contribution in [3.63, 3.8) is 0 Å². The zero-order valence-electron chi connectivity index (χ0n) is 10.4. The van der Waals surface area contributed by atoms with Crippen molar-refractivity contribution in [2.75, 3.05) is 12.4 Å². The summed E-state index contributed by atoms with van der Waals surface area (Å²) in [6.07, 6.45) is 1.73. The Labute approximate surface area is 115 Å². The largest absolute Gasteiger partial charge is 0.324 e. The van der Waals surface area contributed by atoms with Gasteiger partial charge in [-0.15, -0.1) is 5.10 Å². The number of rotatable bonds is 5. The van der Waals surface area contributed by atoms with E-state index < -0.39 is 0 Å². The third-order valence-electron chi connectivity index (χ3n) is 2.38. The number of hydrogen-bond acceptors (Lipinski definition) is 4. The van der Waals surface area contributed by atoms with E-state index in [0.717, 1.165) is 5.69 Å². The Morgan fingerprint density at radius 3 is 2.79 bits per heavy atom. The molecule has 0 aliphatic carbocycles. The highest BCUT2D eigenvalue weighted by Gasteiger charge is 2.06. The molecule has 19 heavy (non-hydrogen) atoms. The van der Waals surface area contributed by atoms with E-state index in [1.165, 1.54) is 4.68 Å². The number of amides is 1. The van der Waals surface area contributed by atoms with Gasteiger partial charge in [-0.3, -0.25) is 4.79 Å². The fourth-order valence-corrected chi connectivity index (χ4v) is 1.68. The Morgan fingerprint density at radius 1 is 1.37 bits per heavy atom. The number of benzene rings is 1. The highest BCUT2D eigenvalue weighted by Crippen LogP contribution is 2.13. The summed E-state index contributed by atoms with van der Waals surface area (Å²) in [5, 5.41) is 14.2. The van der Waals surface area contributed by atoms with E-state index in [4.69, 9.17) is 11.6 Å². The Hall–Kier alpha value is -1.92. The molecule has 0 atom stereocenters. The van der Waals surface area contributed by atoms with E-state index in [0.29, 0.717) is 17.3 Å². The van der Waals surface area contributed by atoms with Gasteiger partial charge < -0.3 is 10.6 Å². The highest BCUT2D eigenvalue weighted by atomic mass is 35.5. The molecular formula is C12H14ClN5O. The summed E-state index contributed by atoms with van der Waals surface area (Å²) >= 11 is 5.77. The molecule has 7 heteroatoms. The number of aromatic nitrogens is 3. The molecule has 0 fully saturated rings. The van der Waals surface area contributed by atoms with Crippen LogP contribution in [0.3, 0.4) is 0 Å². The van der Waals surface area contributed by atoms with Gasteiger partial charge in [-0.05, 0) is 31.3 Å². The van der Waals surface area contributed by atoms with Crippen molar-refractivity contribution in [2.45, 2.75) is 13.1 Å². The summed E-state index contributed by atoms with van der Waals surface area (Å²) < 4.78 is 1.50. The van der Waals surface area contributed by atoms with Crippen LogP contribution in [0.4, 0.5) is 5.69 Å². The maximum Gasteiger partial charge on any atom is 0.246 e. The van der Waals surface area contributed by atoms with Crippen molar-refractivity contribution in [1.82, 2.24) is 20.3 Å². The van der Waals surface area contributed by atoms with Gasteiger partial charge >= 0.3 is 0 Å². The monoisotopic (exact) mass is 279 g/mol. The zero-order chi connectivity index (χ0) is 13.7. The third-order valence-corrected chi connectivity index (χ3v) is 2.63. The van der Waals surface area contributed by atoms with E-state index in [-0.39, 0.29) is 12.5 Å². The first-order valence-electron chi connectivity index (χ1n) is 5.76. The summed E-state index contributed by atoms with van der Waals surface area (Å²) in [6, 6.07) is 6.93. The minimum atomic E-state index is -0.164. The molecule has 2 aromatic rings. The predicted octanol–water partition coefficient (Wildman–Crippen LogP) is 1.29. The molecule has 1 aromatic carbocycles. The van der Waals surface area contributed by atoms with Gasteiger partial charge in [0.25, 0.3) is 0 Å². The van der Waals surface area contributed by atoms with Crippen LogP contribution in [0.1, 0.15) is 5.69 Å². The minimum Gasteiger partial charge on any atom is -0.324 e. The number of halogens is 1. The maximum absolute atomic E-state index is 11.8. The van der Waals surface area contributed by atoms with Crippen LogP contribution in [0.15, 0.2) is 30.5 Å². The molecule has 0 spiro atoms. The Morgan fingerprint density at radius 2 is 2.11 bits per heavy atom. The molecule has 0 bridgehead atoms. The molecule has 100 valence electrons. The summed E-state index contributed by atoms with van der Waals surface area (Å²) in [4.78, 5) is 11.8. The van der Waals surface area contributed by atoms with E-state index >= 15 is 0 Å². The normalized spacial score (nSPS) is 10.4. The second-order valence-electron chi connectivity index (χ2n) is 3.99. The van der Waals surface area contributed by atoms with E-state index in [1.807, 2.05) is 7.05 Å². The van der Waals surface area contributed by atoms with Crippen LogP contribution in [-0.2, 0) is 17.9 Å². The second-order valence-corrected chi connectivity index (χ2v) is 4.43. The molecule has 2 rings (SSSR count). The molecule has 2 N–H and O–H groups in total. The zero-order valence-corrected chi connectivity index (χ0v) is 11.2. The fraction of sp³-hybridized carbons (Fsp3) is 0.250. The third kappa shape index (κ3) is 4.04. The van der Waals surface area contributed by atoms with Gasteiger partial charge in [0.15, 0.2) is 0 Å². The molecule has 1 amide bonds. The van der Waals surface area contributed by atoms with Gasteiger partial charge in [0, 0.05) is 17.3 Å². The van der Waals surface area contributed by atoms with Crippen LogP contribution in [0.2, 0.25) is 5.02 Å². The van der Waals surface area contributed by atoms with Gasteiger partial charge in [-0.25, -0.2) is 4.68 Å².